The second-order valence-corrected chi connectivity index (χ2v) is 5.18. The van der Waals surface area contributed by atoms with Crippen molar-refractivity contribution in [2.75, 3.05) is 0 Å². The molecule has 0 amide bonds. The van der Waals surface area contributed by atoms with Gasteiger partial charge in [-0.2, -0.15) is 0 Å². The summed E-state index contributed by atoms with van der Waals surface area (Å²) in [6, 6.07) is 13.9. The summed E-state index contributed by atoms with van der Waals surface area (Å²) >= 11 is 1.53. The third kappa shape index (κ3) is 1.83. The number of pyridine rings is 1. The van der Waals surface area contributed by atoms with Crippen LogP contribution < -0.4 is 0 Å². The standard InChI is InChI=1S/C15H11NOS/c1-10(17)14-6-7-15(18-14)12-8-9-16-13-5-3-2-4-11(12)13/h2-9H,1H3. The molecule has 1 aromatic carbocycles. The molecule has 3 rings (SSSR count). The first-order chi connectivity index (χ1) is 8.75. The van der Waals surface area contributed by atoms with E-state index in [9.17, 15) is 4.79 Å². The predicted octanol–water partition coefficient (Wildman–Crippen LogP) is 4.17. The molecule has 0 fully saturated rings. The summed E-state index contributed by atoms with van der Waals surface area (Å²) in [6.45, 7) is 1.60. The van der Waals surface area contributed by atoms with Gasteiger partial charge in [-0.25, -0.2) is 0 Å². The maximum atomic E-state index is 11.4. The van der Waals surface area contributed by atoms with Gasteiger partial charge in [-0.05, 0) is 31.2 Å². The Morgan fingerprint density at radius 1 is 1.11 bits per heavy atom. The third-order valence-corrected chi connectivity index (χ3v) is 4.09. The highest BCUT2D eigenvalue weighted by Crippen LogP contribution is 2.32. The number of Topliss-reactive ketones (excluding diaryl/α,β-unsaturated/α-hetero) is 1. The number of nitrogens with zero attached hydrogens (tertiary/aromatic N) is 1. The van der Waals surface area contributed by atoms with Crippen molar-refractivity contribution in [3.63, 3.8) is 0 Å². The number of thiophene rings is 1. The Hall–Kier alpha value is -2.00. The minimum atomic E-state index is 0.115. The zero-order valence-corrected chi connectivity index (χ0v) is 10.7. The number of aromatic nitrogens is 1. The van der Waals surface area contributed by atoms with Gasteiger partial charge in [0.2, 0.25) is 0 Å². The lowest BCUT2D eigenvalue weighted by molar-refractivity contribution is 0.102. The van der Waals surface area contributed by atoms with Gasteiger partial charge < -0.3 is 0 Å². The zero-order valence-electron chi connectivity index (χ0n) is 9.88. The van der Waals surface area contributed by atoms with Crippen LogP contribution in [0.2, 0.25) is 0 Å². The maximum Gasteiger partial charge on any atom is 0.169 e. The monoisotopic (exact) mass is 253 g/mol. The van der Waals surface area contributed by atoms with Crippen LogP contribution in [0.4, 0.5) is 0 Å². The molecule has 18 heavy (non-hydrogen) atoms. The summed E-state index contributed by atoms with van der Waals surface area (Å²) in [7, 11) is 0. The number of fused-ring (bicyclic) bond motifs is 1. The molecular formula is C15H11NOS. The molecule has 0 spiro atoms. The number of para-hydroxylation sites is 1. The average molecular weight is 253 g/mol. The fourth-order valence-electron chi connectivity index (χ4n) is 1.98. The van der Waals surface area contributed by atoms with E-state index in [1.165, 1.54) is 11.3 Å². The lowest BCUT2D eigenvalue weighted by Gasteiger charge is -2.02. The van der Waals surface area contributed by atoms with Crippen LogP contribution in [-0.2, 0) is 0 Å². The van der Waals surface area contributed by atoms with Gasteiger partial charge >= 0.3 is 0 Å². The average Bonchev–Trinajstić information content (AvgIpc) is 2.87. The molecule has 0 atom stereocenters. The first-order valence-corrected chi connectivity index (χ1v) is 6.52. The molecule has 2 aromatic heterocycles. The topological polar surface area (TPSA) is 30.0 Å². The number of rotatable bonds is 2. The van der Waals surface area contributed by atoms with Crippen molar-refractivity contribution in [2.24, 2.45) is 0 Å². The Labute approximate surface area is 109 Å². The normalized spacial score (nSPS) is 10.7. The lowest BCUT2D eigenvalue weighted by atomic mass is 10.1. The van der Waals surface area contributed by atoms with Crippen LogP contribution >= 0.6 is 11.3 Å². The summed E-state index contributed by atoms with van der Waals surface area (Å²) in [5, 5.41) is 1.12. The van der Waals surface area contributed by atoms with Gasteiger partial charge in [0.05, 0.1) is 10.4 Å². The minimum absolute atomic E-state index is 0.115. The van der Waals surface area contributed by atoms with Crippen molar-refractivity contribution in [1.82, 2.24) is 4.98 Å². The van der Waals surface area contributed by atoms with Crippen molar-refractivity contribution in [1.29, 1.82) is 0 Å². The SMILES string of the molecule is CC(=O)c1ccc(-c2ccnc3ccccc23)s1. The van der Waals surface area contributed by atoms with Crippen molar-refractivity contribution < 1.29 is 4.79 Å². The third-order valence-electron chi connectivity index (χ3n) is 2.87. The minimum Gasteiger partial charge on any atom is -0.294 e. The van der Waals surface area contributed by atoms with E-state index in [-0.39, 0.29) is 5.78 Å². The fraction of sp³-hybridized carbons (Fsp3) is 0.0667. The number of carbonyl (C=O) groups excluding carboxylic acids is 1. The molecular weight excluding hydrogens is 242 g/mol. The highest BCUT2D eigenvalue weighted by atomic mass is 32.1. The van der Waals surface area contributed by atoms with Gasteiger partial charge in [0.1, 0.15) is 0 Å². The zero-order chi connectivity index (χ0) is 12.5. The molecule has 0 saturated heterocycles. The first-order valence-electron chi connectivity index (χ1n) is 5.70. The maximum absolute atomic E-state index is 11.4. The highest BCUT2D eigenvalue weighted by molar-refractivity contribution is 7.17. The van der Waals surface area contributed by atoms with E-state index in [4.69, 9.17) is 0 Å². The van der Waals surface area contributed by atoms with Gasteiger partial charge in [0, 0.05) is 22.0 Å². The fourth-order valence-corrected chi connectivity index (χ4v) is 2.92. The van der Waals surface area contributed by atoms with E-state index in [1.54, 1.807) is 6.92 Å². The second kappa shape index (κ2) is 4.35. The Morgan fingerprint density at radius 3 is 2.72 bits per heavy atom. The smallest absolute Gasteiger partial charge is 0.169 e. The summed E-state index contributed by atoms with van der Waals surface area (Å²) < 4.78 is 0. The van der Waals surface area contributed by atoms with Crippen LogP contribution in [0.25, 0.3) is 21.3 Å². The molecule has 0 saturated carbocycles. The highest BCUT2D eigenvalue weighted by Gasteiger charge is 2.09. The molecule has 3 aromatic rings. The van der Waals surface area contributed by atoms with Crippen LogP contribution in [0.5, 0.6) is 0 Å². The summed E-state index contributed by atoms with van der Waals surface area (Å²) in [4.78, 5) is 17.6. The van der Waals surface area contributed by atoms with Gasteiger partial charge in [0.15, 0.2) is 5.78 Å². The largest absolute Gasteiger partial charge is 0.294 e. The van der Waals surface area contributed by atoms with Crippen molar-refractivity contribution in [2.45, 2.75) is 6.92 Å². The van der Waals surface area contributed by atoms with Crippen LogP contribution in [0.1, 0.15) is 16.6 Å². The molecule has 0 unspecified atom stereocenters. The number of benzene rings is 1. The quantitative estimate of drug-likeness (QED) is 0.642. The Morgan fingerprint density at radius 2 is 1.94 bits per heavy atom. The molecule has 0 aliphatic rings. The van der Waals surface area contributed by atoms with Gasteiger partial charge in [-0.15, -0.1) is 11.3 Å². The summed E-state index contributed by atoms with van der Waals surface area (Å²) in [5.74, 6) is 0.115. The van der Waals surface area contributed by atoms with Crippen LogP contribution in [-0.4, -0.2) is 10.8 Å². The van der Waals surface area contributed by atoms with Gasteiger partial charge in [-0.3, -0.25) is 9.78 Å². The second-order valence-electron chi connectivity index (χ2n) is 4.10. The van der Waals surface area contributed by atoms with E-state index in [2.05, 4.69) is 11.1 Å². The lowest BCUT2D eigenvalue weighted by Crippen LogP contribution is -1.83. The summed E-state index contributed by atoms with van der Waals surface area (Å²) in [5.41, 5.74) is 2.12. The number of ketones is 1. The van der Waals surface area contributed by atoms with E-state index in [0.717, 1.165) is 26.2 Å². The van der Waals surface area contributed by atoms with Gasteiger partial charge in [0.25, 0.3) is 0 Å². The van der Waals surface area contributed by atoms with E-state index >= 15 is 0 Å². The number of carbonyl (C=O) groups is 1. The molecule has 0 aliphatic carbocycles. The van der Waals surface area contributed by atoms with Crippen molar-refractivity contribution in [3.05, 3.63) is 53.5 Å². The van der Waals surface area contributed by atoms with E-state index < -0.39 is 0 Å². The Kier molecular flexibility index (Phi) is 2.68. The number of hydrogen-bond donors (Lipinski definition) is 0. The van der Waals surface area contributed by atoms with Crippen LogP contribution in [0, 0.1) is 0 Å². The molecule has 88 valence electrons. The molecule has 3 heteroatoms. The van der Waals surface area contributed by atoms with E-state index in [1.807, 2.05) is 42.6 Å². The first kappa shape index (κ1) is 11.1. The van der Waals surface area contributed by atoms with Crippen LogP contribution in [0.3, 0.4) is 0 Å². The summed E-state index contributed by atoms with van der Waals surface area (Å²) in [6.07, 6.45) is 1.81. The number of hydrogen-bond acceptors (Lipinski definition) is 3. The van der Waals surface area contributed by atoms with Crippen molar-refractivity contribution in [3.8, 4) is 10.4 Å². The Balaban J connectivity index is 2.21. The van der Waals surface area contributed by atoms with E-state index in [0.29, 0.717) is 0 Å². The van der Waals surface area contributed by atoms with Crippen LogP contribution in [0.15, 0.2) is 48.7 Å². The Bertz CT molecular complexity index is 725. The predicted molar refractivity (Wildman–Crippen MR) is 75.1 cm³/mol. The molecule has 0 bridgehead atoms. The molecule has 0 N–H and O–H groups in total. The molecule has 0 aliphatic heterocycles. The van der Waals surface area contributed by atoms with Crippen molar-refractivity contribution >= 4 is 28.0 Å². The molecule has 0 radical (unpaired) electrons. The molecule has 2 nitrogen and oxygen atoms in total. The molecule has 2 heterocycles. The van der Waals surface area contributed by atoms with Gasteiger partial charge in [-0.1, -0.05) is 18.2 Å².